The fourth-order valence-corrected chi connectivity index (χ4v) is 5.46. The molecule has 1 aliphatic rings. The van der Waals surface area contributed by atoms with Crippen LogP contribution >= 0.6 is 0 Å². The molecule has 0 atom stereocenters. The zero-order chi connectivity index (χ0) is 29.4. The molecule has 1 aliphatic heterocycles. The summed E-state index contributed by atoms with van der Waals surface area (Å²) >= 11 is 0. The first-order valence-electron chi connectivity index (χ1n) is 14.0. The number of benzene rings is 2. The van der Waals surface area contributed by atoms with Crippen LogP contribution in [0.2, 0.25) is 0 Å². The van der Waals surface area contributed by atoms with Crippen LogP contribution in [0.25, 0.3) is 55.8 Å². The Morgan fingerprint density at radius 3 is 2.62 bits per heavy atom. The van der Waals surface area contributed by atoms with Gasteiger partial charge >= 0.3 is 0 Å². The highest BCUT2D eigenvalue weighted by Gasteiger charge is 2.37. The fraction of sp³-hybridized carbons (Fsp3) is 0.250. The summed E-state index contributed by atoms with van der Waals surface area (Å²) in [6, 6.07) is 14.7. The monoisotopic (exact) mass is 569 g/mol. The molecular formula is C32H30F3N7. The topological polar surface area (TPSA) is 86.4 Å². The minimum absolute atomic E-state index is 0.110. The standard InChI is InChI=1S/C30H24F3N7.C2H6/c1-17-8-20(11-22(31)9-17)23-4-6-35-28-26(23)36-29(37-28)27-24-12-19(2-3-25(24)38-39-27)21-10-18(13-34-14-21)15-40-7-5-30(32,33)16-40;1-2/h2-4,6,8-14H,5,7,15-16H2,1H3,(H,38,39)(H,35,36,37);1-2H3. The van der Waals surface area contributed by atoms with Gasteiger partial charge in [0, 0.05) is 54.6 Å². The van der Waals surface area contributed by atoms with Crippen molar-refractivity contribution in [2.24, 2.45) is 0 Å². The van der Waals surface area contributed by atoms with Gasteiger partial charge in [0.15, 0.2) is 11.5 Å². The number of halogens is 3. The van der Waals surface area contributed by atoms with Gasteiger partial charge in [-0.05, 0) is 65.6 Å². The van der Waals surface area contributed by atoms with Crippen molar-refractivity contribution >= 4 is 22.1 Å². The largest absolute Gasteiger partial charge is 0.335 e. The molecule has 42 heavy (non-hydrogen) atoms. The van der Waals surface area contributed by atoms with Crippen molar-refractivity contribution in [3.8, 4) is 33.8 Å². The summed E-state index contributed by atoms with van der Waals surface area (Å²) in [5, 5.41) is 8.44. The Bertz CT molecular complexity index is 1870. The SMILES string of the molecule is CC.Cc1cc(F)cc(-c2ccnc3nc(-c4n[nH]c5ccc(-c6cncc(CN7CCC(F)(F)C7)c6)cc45)[nH]c23)c1. The van der Waals surface area contributed by atoms with Gasteiger partial charge in [0.1, 0.15) is 11.5 Å². The summed E-state index contributed by atoms with van der Waals surface area (Å²) in [4.78, 5) is 18.6. The molecule has 6 aromatic rings. The van der Waals surface area contributed by atoms with E-state index in [1.54, 1.807) is 23.5 Å². The molecule has 5 heterocycles. The fourth-order valence-electron chi connectivity index (χ4n) is 5.46. The van der Waals surface area contributed by atoms with E-state index in [0.717, 1.165) is 44.3 Å². The highest BCUT2D eigenvalue weighted by Crippen LogP contribution is 2.34. The maximum Gasteiger partial charge on any atom is 0.261 e. The number of aryl methyl sites for hydroxylation is 1. The van der Waals surface area contributed by atoms with E-state index in [4.69, 9.17) is 4.98 Å². The van der Waals surface area contributed by atoms with Crippen LogP contribution in [-0.4, -0.2) is 54.0 Å². The first kappa shape index (κ1) is 27.6. The summed E-state index contributed by atoms with van der Waals surface area (Å²) in [7, 11) is 0. The first-order valence-corrected chi connectivity index (χ1v) is 14.0. The number of aromatic nitrogens is 6. The van der Waals surface area contributed by atoms with Crippen LogP contribution < -0.4 is 0 Å². The van der Waals surface area contributed by atoms with Crippen LogP contribution in [0.15, 0.2) is 67.1 Å². The molecular weight excluding hydrogens is 539 g/mol. The number of likely N-dealkylation sites (tertiary alicyclic amines) is 1. The van der Waals surface area contributed by atoms with E-state index in [-0.39, 0.29) is 18.8 Å². The van der Waals surface area contributed by atoms with Crippen molar-refractivity contribution in [1.82, 2.24) is 35.0 Å². The molecule has 0 unspecified atom stereocenters. The predicted octanol–water partition coefficient (Wildman–Crippen LogP) is 7.54. The summed E-state index contributed by atoms with van der Waals surface area (Å²) in [5.41, 5.74) is 7.69. The van der Waals surface area contributed by atoms with E-state index in [9.17, 15) is 13.2 Å². The van der Waals surface area contributed by atoms with Gasteiger partial charge in [0.25, 0.3) is 5.92 Å². The molecule has 7 rings (SSSR count). The molecule has 1 fully saturated rings. The Hall–Kier alpha value is -4.57. The van der Waals surface area contributed by atoms with Crippen molar-refractivity contribution in [3.05, 3.63) is 84.1 Å². The van der Waals surface area contributed by atoms with Gasteiger partial charge in [-0.15, -0.1) is 0 Å². The van der Waals surface area contributed by atoms with Crippen LogP contribution in [0.4, 0.5) is 13.2 Å². The number of aromatic amines is 2. The van der Waals surface area contributed by atoms with E-state index in [0.29, 0.717) is 35.8 Å². The average Bonchev–Trinajstić information content (AvgIpc) is 3.69. The second kappa shape index (κ2) is 11.0. The number of H-pyrrole nitrogens is 2. The third kappa shape index (κ3) is 5.37. The molecule has 2 aromatic carbocycles. The molecule has 0 radical (unpaired) electrons. The first-order chi connectivity index (χ1) is 20.3. The number of rotatable bonds is 5. The molecule has 0 amide bonds. The molecule has 0 bridgehead atoms. The van der Waals surface area contributed by atoms with Gasteiger partial charge in [-0.25, -0.2) is 23.1 Å². The zero-order valence-corrected chi connectivity index (χ0v) is 23.5. The average molecular weight is 570 g/mol. The van der Waals surface area contributed by atoms with Crippen LogP contribution in [-0.2, 0) is 6.54 Å². The molecule has 0 spiro atoms. The second-order valence-corrected chi connectivity index (χ2v) is 10.4. The maximum atomic E-state index is 14.2. The Kier molecular flexibility index (Phi) is 7.24. The summed E-state index contributed by atoms with van der Waals surface area (Å²) < 4.78 is 41.5. The van der Waals surface area contributed by atoms with Crippen LogP contribution in [0.1, 0.15) is 31.4 Å². The number of nitrogens with zero attached hydrogens (tertiary/aromatic N) is 5. The molecule has 0 aliphatic carbocycles. The number of hydrogen-bond acceptors (Lipinski definition) is 5. The molecule has 1 saturated heterocycles. The molecule has 4 aromatic heterocycles. The third-order valence-corrected chi connectivity index (χ3v) is 7.32. The number of nitrogens with one attached hydrogen (secondary N) is 2. The van der Waals surface area contributed by atoms with E-state index >= 15 is 0 Å². The molecule has 7 nitrogen and oxygen atoms in total. The summed E-state index contributed by atoms with van der Waals surface area (Å²) in [6.07, 6.45) is 5.04. The lowest BCUT2D eigenvalue weighted by Crippen LogP contribution is -2.24. The lowest BCUT2D eigenvalue weighted by Gasteiger charge is -2.15. The molecule has 214 valence electrons. The Balaban J connectivity index is 0.00000155. The number of fused-ring (bicyclic) bond motifs is 2. The predicted molar refractivity (Wildman–Crippen MR) is 159 cm³/mol. The minimum atomic E-state index is -2.63. The van der Waals surface area contributed by atoms with E-state index in [2.05, 4.69) is 25.1 Å². The normalized spacial score (nSPS) is 14.8. The van der Waals surface area contributed by atoms with Crippen LogP contribution in [0.3, 0.4) is 0 Å². The Morgan fingerprint density at radius 1 is 0.976 bits per heavy atom. The van der Waals surface area contributed by atoms with E-state index < -0.39 is 5.92 Å². The van der Waals surface area contributed by atoms with Gasteiger partial charge in [0.2, 0.25) is 0 Å². The van der Waals surface area contributed by atoms with Gasteiger partial charge < -0.3 is 4.98 Å². The third-order valence-electron chi connectivity index (χ3n) is 7.32. The maximum absolute atomic E-state index is 14.2. The highest BCUT2D eigenvalue weighted by molar-refractivity contribution is 5.97. The van der Waals surface area contributed by atoms with Gasteiger partial charge in [-0.3, -0.25) is 15.0 Å². The molecule has 2 N–H and O–H groups in total. The molecule has 0 saturated carbocycles. The van der Waals surface area contributed by atoms with E-state index in [1.165, 1.54) is 12.1 Å². The lowest BCUT2D eigenvalue weighted by molar-refractivity contribution is 0.0115. The summed E-state index contributed by atoms with van der Waals surface area (Å²) in [5.74, 6) is -2.40. The van der Waals surface area contributed by atoms with E-state index in [1.807, 2.05) is 57.2 Å². The molecule has 10 heteroatoms. The number of imidazole rings is 1. The van der Waals surface area contributed by atoms with Gasteiger partial charge in [0.05, 0.1) is 17.6 Å². The number of pyridine rings is 2. The van der Waals surface area contributed by atoms with Crippen molar-refractivity contribution < 1.29 is 13.2 Å². The van der Waals surface area contributed by atoms with Crippen molar-refractivity contribution in [2.75, 3.05) is 13.1 Å². The van der Waals surface area contributed by atoms with Crippen LogP contribution in [0.5, 0.6) is 0 Å². The Labute approximate surface area is 240 Å². The lowest BCUT2D eigenvalue weighted by atomic mass is 10.0. The number of alkyl halides is 2. The summed E-state index contributed by atoms with van der Waals surface area (Å²) in [6.45, 7) is 6.42. The van der Waals surface area contributed by atoms with Gasteiger partial charge in [-0.1, -0.05) is 26.0 Å². The zero-order valence-electron chi connectivity index (χ0n) is 23.5. The second-order valence-electron chi connectivity index (χ2n) is 10.4. The van der Waals surface area contributed by atoms with Crippen LogP contribution in [0, 0.1) is 12.7 Å². The van der Waals surface area contributed by atoms with Crippen molar-refractivity contribution in [3.63, 3.8) is 0 Å². The highest BCUT2D eigenvalue weighted by atomic mass is 19.3. The Morgan fingerprint density at radius 2 is 1.83 bits per heavy atom. The van der Waals surface area contributed by atoms with Gasteiger partial charge in [-0.2, -0.15) is 5.10 Å². The minimum Gasteiger partial charge on any atom is -0.335 e. The van der Waals surface area contributed by atoms with Crippen molar-refractivity contribution in [1.29, 1.82) is 0 Å². The van der Waals surface area contributed by atoms with Crippen molar-refractivity contribution in [2.45, 2.75) is 39.7 Å². The number of hydrogen-bond donors (Lipinski definition) is 2. The smallest absolute Gasteiger partial charge is 0.261 e. The quantitative estimate of drug-likeness (QED) is 0.224.